The number of aryl methyl sites for hydroxylation is 1. The molecule has 1 aliphatic rings. The number of likely N-dealkylation sites (N-methyl/N-ethyl adjacent to an activating group) is 1. The fourth-order valence-corrected chi connectivity index (χ4v) is 3.98. The third-order valence-corrected chi connectivity index (χ3v) is 5.29. The van der Waals surface area contributed by atoms with Crippen LogP contribution >= 0.6 is 0 Å². The van der Waals surface area contributed by atoms with Crippen LogP contribution in [-0.2, 0) is 10.0 Å². The minimum Gasteiger partial charge on any atom is -0.305 e. The number of benzene rings is 1. The Labute approximate surface area is 115 Å². The quantitative estimate of drug-likeness (QED) is 0.915. The van der Waals surface area contributed by atoms with Crippen molar-refractivity contribution in [2.75, 3.05) is 14.1 Å². The molecule has 19 heavy (non-hydrogen) atoms. The molecule has 1 aliphatic carbocycles. The molecular weight excluding hydrogens is 260 g/mol. The van der Waals surface area contributed by atoms with Gasteiger partial charge in [0, 0.05) is 12.1 Å². The van der Waals surface area contributed by atoms with E-state index in [1.54, 1.807) is 12.1 Å². The van der Waals surface area contributed by atoms with Gasteiger partial charge in [0.05, 0.1) is 4.90 Å². The molecule has 5 heteroatoms. The van der Waals surface area contributed by atoms with Crippen molar-refractivity contribution in [3.8, 4) is 0 Å². The van der Waals surface area contributed by atoms with Gasteiger partial charge < -0.3 is 4.90 Å². The summed E-state index contributed by atoms with van der Waals surface area (Å²) >= 11 is 0. The standard InChI is InChI=1S/C14H22N2O2S/c1-11-7-9-12(10-8-11)19(17,18)15-13-5-4-6-14(13)16(2)3/h7-10,13-15H,4-6H2,1-3H3/t13-,14-/m1/s1. The molecule has 0 radical (unpaired) electrons. The van der Waals surface area contributed by atoms with Gasteiger partial charge in [-0.05, 0) is 46.0 Å². The van der Waals surface area contributed by atoms with Crippen molar-refractivity contribution < 1.29 is 8.42 Å². The Balaban J connectivity index is 2.15. The Hall–Kier alpha value is -0.910. The van der Waals surface area contributed by atoms with E-state index in [4.69, 9.17) is 0 Å². The largest absolute Gasteiger partial charge is 0.305 e. The third-order valence-electron chi connectivity index (χ3n) is 3.78. The molecule has 0 aliphatic heterocycles. The summed E-state index contributed by atoms with van der Waals surface area (Å²) in [5, 5.41) is 0. The van der Waals surface area contributed by atoms with Crippen LogP contribution in [-0.4, -0.2) is 39.5 Å². The molecule has 0 unspecified atom stereocenters. The first-order valence-electron chi connectivity index (χ1n) is 6.65. The van der Waals surface area contributed by atoms with Crippen molar-refractivity contribution in [1.82, 2.24) is 9.62 Å². The molecule has 4 nitrogen and oxygen atoms in total. The molecule has 0 spiro atoms. The molecular formula is C14H22N2O2S. The van der Waals surface area contributed by atoms with Gasteiger partial charge in [-0.25, -0.2) is 13.1 Å². The van der Waals surface area contributed by atoms with Crippen LogP contribution in [0.4, 0.5) is 0 Å². The molecule has 0 heterocycles. The van der Waals surface area contributed by atoms with E-state index in [0.717, 1.165) is 24.8 Å². The van der Waals surface area contributed by atoms with Crippen molar-refractivity contribution in [2.45, 2.75) is 43.2 Å². The minimum absolute atomic E-state index is 0.0151. The van der Waals surface area contributed by atoms with Gasteiger partial charge in [-0.1, -0.05) is 24.1 Å². The van der Waals surface area contributed by atoms with Gasteiger partial charge in [0.1, 0.15) is 0 Å². The lowest BCUT2D eigenvalue weighted by atomic mass is 10.2. The van der Waals surface area contributed by atoms with Crippen molar-refractivity contribution in [1.29, 1.82) is 0 Å². The summed E-state index contributed by atoms with van der Waals surface area (Å²) in [6.45, 7) is 1.95. The fraction of sp³-hybridized carbons (Fsp3) is 0.571. The highest BCUT2D eigenvalue weighted by atomic mass is 32.2. The molecule has 0 amide bonds. The molecule has 1 N–H and O–H groups in total. The lowest BCUT2D eigenvalue weighted by Crippen LogP contribution is -2.45. The van der Waals surface area contributed by atoms with Gasteiger partial charge in [0.15, 0.2) is 0 Å². The summed E-state index contributed by atoms with van der Waals surface area (Å²) in [6.07, 6.45) is 3.03. The van der Waals surface area contributed by atoms with E-state index in [9.17, 15) is 8.42 Å². The first-order valence-corrected chi connectivity index (χ1v) is 8.14. The summed E-state index contributed by atoms with van der Waals surface area (Å²) in [5.74, 6) is 0. The predicted octanol–water partition coefficient (Wildman–Crippen LogP) is 1.76. The zero-order chi connectivity index (χ0) is 14.0. The normalized spacial score (nSPS) is 24.0. The van der Waals surface area contributed by atoms with Gasteiger partial charge >= 0.3 is 0 Å². The maximum Gasteiger partial charge on any atom is 0.240 e. The van der Waals surface area contributed by atoms with Gasteiger partial charge in [0.2, 0.25) is 10.0 Å². The molecule has 2 atom stereocenters. The highest BCUT2D eigenvalue weighted by Gasteiger charge is 2.32. The van der Waals surface area contributed by atoms with Crippen LogP contribution in [0.25, 0.3) is 0 Å². The van der Waals surface area contributed by atoms with E-state index in [-0.39, 0.29) is 6.04 Å². The highest BCUT2D eigenvalue weighted by molar-refractivity contribution is 7.89. The van der Waals surface area contributed by atoms with Crippen LogP contribution < -0.4 is 4.72 Å². The number of nitrogens with one attached hydrogen (secondary N) is 1. The maximum absolute atomic E-state index is 12.3. The van der Waals surface area contributed by atoms with E-state index in [0.29, 0.717) is 10.9 Å². The second kappa shape index (κ2) is 5.61. The third kappa shape index (κ3) is 3.35. The highest BCUT2D eigenvalue weighted by Crippen LogP contribution is 2.24. The average molecular weight is 282 g/mol. The van der Waals surface area contributed by atoms with Crippen LogP contribution in [0.3, 0.4) is 0 Å². The minimum atomic E-state index is -3.40. The zero-order valence-corrected chi connectivity index (χ0v) is 12.6. The second-order valence-corrected chi connectivity index (χ2v) is 7.22. The molecule has 1 aromatic rings. The van der Waals surface area contributed by atoms with Crippen LogP contribution in [0.2, 0.25) is 0 Å². The Kier molecular flexibility index (Phi) is 4.28. The molecule has 0 saturated heterocycles. The molecule has 1 saturated carbocycles. The number of rotatable bonds is 4. The molecule has 1 fully saturated rings. The topological polar surface area (TPSA) is 49.4 Å². The van der Waals surface area contributed by atoms with E-state index >= 15 is 0 Å². The van der Waals surface area contributed by atoms with Gasteiger partial charge in [-0.3, -0.25) is 0 Å². The predicted molar refractivity (Wildman–Crippen MR) is 76.6 cm³/mol. The van der Waals surface area contributed by atoms with Crippen LogP contribution in [0.15, 0.2) is 29.2 Å². The van der Waals surface area contributed by atoms with Gasteiger partial charge in [-0.15, -0.1) is 0 Å². The molecule has 0 aromatic heterocycles. The number of hydrogen-bond acceptors (Lipinski definition) is 3. The van der Waals surface area contributed by atoms with Crippen LogP contribution in [0.1, 0.15) is 24.8 Å². The van der Waals surface area contributed by atoms with Crippen LogP contribution in [0.5, 0.6) is 0 Å². The lowest BCUT2D eigenvalue weighted by molar-refractivity contribution is 0.267. The first-order chi connectivity index (χ1) is 8.90. The van der Waals surface area contributed by atoms with Crippen molar-refractivity contribution in [3.63, 3.8) is 0 Å². The summed E-state index contributed by atoms with van der Waals surface area (Å²) < 4.78 is 27.5. The molecule has 1 aromatic carbocycles. The lowest BCUT2D eigenvalue weighted by Gasteiger charge is -2.26. The SMILES string of the molecule is Cc1ccc(S(=O)(=O)N[C@@H]2CCC[C@H]2N(C)C)cc1. The van der Waals surface area contributed by atoms with E-state index in [1.165, 1.54) is 0 Å². The van der Waals surface area contributed by atoms with E-state index in [2.05, 4.69) is 9.62 Å². The van der Waals surface area contributed by atoms with E-state index < -0.39 is 10.0 Å². The Morgan fingerprint density at radius 2 is 1.79 bits per heavy atom. The number of sulfonamides is 1. The molecule has 2 rings (SSSR count). The maximum atomic E-state index is 12.3. The Bertz CT molecular complexity index is 523. The van der Waals surface area contributed by atoms with Gasteiger partial charge in [-0.2, -0.15) is 0 Å². The summed E-state index contributed by atoms with van der Waals surface area (Å²) in [6, 6.07) is 7.29. The number of hydrogen-bond donors (Lipinski definition) is 1. The molecule has 106 valence electrons. The monoisotopic (exact) mass is 282 g/mol. The van der Waals surface area contributed by atoms with Crippen molar-refractivity contribution in [3.05, 3.63) is 29.8 Å². The number of nitrogens with zero attached hydrogens (tertiary/aromatic N) is 1. The van der Waals surface area contributed by atoms with Gasteiger partial charge in [0.25, 0.3) is 0 Å². The smallest absolute Gasteiger partial charge is 0.240 e. The summed E-state index contributed by atoms with van der Waals surface area (Å²) in [4.78, 5) is 2.46. The summed E-state index contributed by atoms with van der Waals surface area (Å²) in [5.41, 5.74) is 1.06. The first kappa shape index (κ1) is 14.5. The van der Waals surface area contributed by atoms with Crippen molar-refractivity contribution >= 4 is 10.0 Å². The molecule has 0 bridgehead atoms. The Morgan fingerprint density at radius 1 is 1.16 bits per heavy atom. The second-order valence-electron chi connectivity index (χ2n) is 5.50. The Morgan fingerprint density at radius 3 is 2.37 bits per heavy atom. The van der Waals surface area contributed by atoms with Crippen LogP contribution in [0, 0.1) is 6.92 Å². The fourth-order valence-electron chi connectivity index (χ4n) is 2.68. The van der Waals surface area contributed by atoms with E-state index in [1.807, 2.05) is 33.2 Å². The van der Waals surface area contributed by atoms with Crippen molar-refractivity contribution in [2.24, 2.45) is 0 Å². The summed E-state index contributed by atoms with van der Waals surface area (Å²) in [7, 11) is 0.603. The zero-order valence-electron chi connectivity index (χ0n) is 11.8. The average Bonchev–Trinajstić information content (AvgIpc) is 2.77.